The van der Waals surface area contributed by atoms with Crippen molar-refractivity contribution in [1.29, 1.82) is 0 Å². The normalized spacial score (nSPS) is 15.1. The molecule has 0 aliphatic rings. The van der Waals surface area contributed by atoms with E-state index in [-0.39, 0.29) is 11.3 Å². The predicted octanol–water partition coefficient (Wildman–Crippen LogP) is 2.09. The van der Waals surface area contributed by atoms with Crippen molar-refractivity contribution in [2.24, 2.45) is 11.3 Å². The maximum absolute atomic E-state index is 10.3. The standard InChI is InChI=1S/C7H13ClO/c1-6(4-9)7(2,3)5-8/h4,6H,5H2,1-3H3. The van der Waals surface area contributed by atoms with E-state index in [1.54, 1.807) is 0 Å². The van der Waals surface area contributed by atoms with Gasteiger partial charge in [-0.25, -0.2) is 0 Å². The lowest BCUT2D eigenvalue weighted by Gasteiger charge is -2.24. The van der Waals surface area contributed by atoms with Crippen molar-refractivity contribution in [2.45, 2.75) is 20.8 Å². The van der Waals surface area contributed by atoms with Gasteiger partial charge in [0.2, 0.25) is 0 Å². The molecule has 54 valence electrons. The Morgan fingerprint density at radius 1 is 1.67 bits per heavy atom. The maximum Gasteiger partial charge on any atom is 0.123 e. The number of aldehydes is 1. The van der Waals surface area contributed by atoms with Crippen molar-refractivity contribution >= 4 is 17.9 Å². The van der Waals surface area contributed by atoms with E-state index < -0.39 is 0 Å². The lowest BCUT2D eigenvalue weighted by molar-refractivity contribution is -0.113. The third kappa shape index (κ3) is 2.35. The lowest BCUT2D eigenvalue weighted by Crippen LogP contribution is -2.24. The van der Waals surface area contributed by atoms with Gasteiger partial charge in [-0.05, 0) is 5.41 Å². The van der Waals surface area contributed by atoms with Gasteiger partial charge >= 0.3 is 0 Å². The van der Waals surface area contributed by atoms with E-state index >= 15 is 0 Å². The smallest absolute Gasteiger partial charge is 0.123 e. The van der Waals surface area contributed by atoms with E-state index in [2.05, 4.69) is 0 Å². The first kappa shape index (κ1) is 8.96. The average Bonchev–Trinajstić information content (AvgIpc) is 1.86. The summed E-state index contributed by atoms with van der Waals surface area (Å²) >= 11 is 5.61. The van der Waals surface area contributed by atoms with E-state index in [0.717, 1.165) is 6.29 Å². The number of alkyl halides is 1. The van der Waals surface area contributed by atoms with Crippen molar-refractivity contribution in [2.75, 3.05) is 5.88 Å². The van der Waals surface area contributed by atoms with Crippen LogP contribution < -0.4 is 0 Å². The molecule has 0 saturated heterocycles. The Bertz CT molecular complexity index is 99.1. The van der Waals surface area contributed by atoms with E-state index in [1.165, 1.54) is 0 Å². The number of carbonyl (C=O) groups is 1. The minimum absolute atomic E-state index is 0.0509. The zero-order valence-electron chi connectivity index (χ0n) is 6.15. The summed E-state index contributed by atoms with van der Waals surface area (Å²) < 4.78 is 0. The van der Waals surface area contributed by atoms with Crippen molar-refractivity contribution in [3.05, 3.63) is 0 Å². The Labute approximate surface area is 61.4 Å². The molecule has 0 fully saturated rings. The Kier molecular flexibility index (Phi) is 3.20. The predicted molar refractivity (Wildman–Crippen MR) is 39.7 cm³/mol. The molecular weight excluding hydrogens is 136 g/mol. The van der Waals surface area contributed by atoms with Gasteiger partial charge in [0.25, 0.3) is 0 Å². The molecule has 0 N–H and O–H groups in total. The largest absolute Gasteiger partial charge is 0.303 e. The Balaban J connectivity index is 3.95. The van der Waals surface area contributed by atoms with Crippen LogP contribution in [0.5, 0.6) is 0 Å². The minimum atomic E-state index is -0.0523. The van der Waals surface area contributed by atoms with Crippen LogP contribution >= 0.6 is 11.6 Å². The molecule has 0 amide bonds. The van der Waals surface area contributed by atoms with Crippen LogP contribution in [0.15, 0.2) is 0 Å². The van der Waals surface area contributed by atoms with E-state index in [4.69, 9.17) is 11.6 Å². The molecule has 0 spiro atoms. The number of halogens is 1. The molecule has 0 saturated carbocycles. The molecule has 0 aliphatic heterocycles. The monoisotopic (exact) mass is 148 g/mol. The van der Waals surface area contributed by atoms with Gasteiger partial charge in [-0.3, -0.25) is 0 Å². The summed E-state index contributed by atoms with van der Waals surface area (Å²) in [6.07, 6.45) is 0.947. The molecule has 0 aromatic heterocycles. The molecule has 2 heteroatoms. The number of hydrogen-bond acceptors (Lipinski definition) is 1. The molecule has 0 aliphatic carbocycles. The molecule has 0 bridgehead atoms. The van der Waals surface area contributed by atoms with Gasteiger partial charge in [0, 0.05) is 11.8 Å². The summed E-state index contributed by atoms with van der Waals surface area (Å²) in [5.74, 6) is 0.586. The first-order valence-electron chi connectivity index (χ1n) is 3.06. The van der Waals surface area contributed by atoms with Gasteiger partial charge < -0.3 is 4.79 Å². The summed E-state index contributed by atoms with van der Waals surface area (Å²) in [6, 6.07) is 0. The van der Waals surface area contributed by atoms with E-state index in [1.807, 2.05) is 20.8 Å². The minimum Gasteiger partial charge on any atom is -0.303 e. The van der Waals surface area contributed by atoms with Crippen LogP contribution in [-0.4, -0.2) is 12.2 Å². The summed E-state index contributed by atoms with van der Waals surface area (Å²) in [5, 5.41) is 0. The zero-order valence-corrected chi connectivity index (χ0v) is 6.90. The second kappa shape index (κ2) is 3.21. The van der Waals surface area contributed by atoms with Crippen LogP contribution in [0.25, 0.3) is 0 Å². The average molecular weight is 149 g/mol. The fourth-order valence-corrected chi connectivity index (χ4v) is 0.549. The zero-order chi connectivity index (χ0) is 7.49. The van der Waals surface area contributed by atoms with Crippen molar-refractivity contribution < 1.29 is 4.79 Å². The highest BCUT2D eigenvalue weighted by Gasteiger charge is 2.23. The molecule has 0 heterocycles. The van der Waals surface area contributed by atoms with Crippen LogP contribution in [0.4, 0.5) is 0 Å². The van der Waals surface area contributed by atoms with Crippen molar-refractivity contribution in [3.8, 4) is 0 Å². The van der Waals surface area contributed by atoms with Gasteiger partial charge in [0.15, 0.2) is 0 Å². The third-order valence-corrected chi connectivity index (χ3v) is 2.47. The number of rotatable bonds is 3. The quantitative estimate of drug-likeness (QED) is 0.443. The molecular formula is C7H13ClO. The molecule has 0 rings (SSSR count). The van der Waals surface area contributed by atoms with Gasteiger partial charge in [-0.1, -0.05) is 20.8 Å². The molecule has 9 heavy (non-hydrogen) atoms. The van der Waals surface area contributed by atoms with Crippen LogP contribution in [0, 0.1) is 11.3 Å². The van der Waals surface area contributed by atoms with Gasteiger partial charge in [0.1, 0.15) is 6.29 Å². The third-order valence-electron chi connectivity index (χ3n) is 1.78. The Hall–Kier alpha value is -0.0400. The van der Waals surface area contributed by atoms with E-state index in [0.29, 0.717) is 5.88 Å². The SMILES string of the molecule is CC(C=O)C(C)(C)CCl. The van der Waals surface area contributed by atoms with Crippen LogP contribution in [-0.2, 0) is 4.79 Å². The highest BCUT2D eigenvalue weighted by Crippen LogP contribution is 2.25. The Morgan fingerprint density at radius 2 is 2.11 bits per heavy atom. The fraction of sp³-hybridized carbons (Fsp3) is 0.857. The number of hydrogen-bond donors (Lipinski definition) is 0. The van der Waals surface area contributed by atoms with Gasteiger partial charge in [-0.2, -0.15) is 0 Å². The van der Waals surface area contributed by atoms with Gasteiger partial charge in [-0.15, -0.1) is 11.6 Å². The first-order valence-corrected chi connectivity index (χ1v) is 3.59. The second-order valence-electron chi connectivity index (χ2n) is 3.05. The fourth-order valence-electron chi connectivity index (χ4n) is 0.306. The summed E-state index contributed by atoms with van der Waals surface area (Å²) in [6.45, 7) is 5.85. The summed E-state index contributed by atoms with van der Waals surface area (Å²) in [4.78, 5) is 10.3. The first-order chi connectivity index (χ1) is 4.04. The molecule has 1 atom stereocenters. The Morgan fingerprint density at radius 3 is 2.22 bits per heavy atom. The highest BCUT2D eigenvalue weighted by atomic mass is 35.5. The van der Waals surface area contributed by atoms with Crippen molar-refractivity contribution in [1.82, 2.24) is 0 Å². The molecule has 1 nitrogen and oxygen atoms in total. The van der Waals surface area contributed by atoms with Crippen LogP contribution in [0.3, 0.4) is 0 Å². The van der Waals surface area contributed by atoms with Gasteiger partial charge in [0.05, 0.1) is 0 Å². The number of carbonyl (C=O) groups excluding carboxylic acids is 1. The van der Waals surface area contributed by atoms with Crippen LogP contribution in [0.2, 0.25) is 0 Å². The molecule has 0 aromatic rings. The van der Waals surface area contributed by atoms with E-state index in [9.17, 15) is 4.79 Å². The van der Waals surface area contributed by atoms with Crippen molar-refractivity contribution in [3.63, 3.8) is 0 Å². The summed E-state index contributed by atoms with van der Waals surface area (Å²) in [5.41, 5.74) is -0.0523. The molecule has 1 unspecified atom stereocenters. The highest BCUT2D eigenvalue weighted by molar-refractivity contribution is 6.18. The molecule has 0 aromatic carbocycles. The lowest BCUT2D eigenvalue weighted by atomic mass is 9.83. The van der Waals surface area contributed by atoms with Crippen LogP contribution in [0.1, 0.15) is 20.8 Å². The second-order valence-corrected chi connectivity index (χ2v) is 3.31. The topological polar surface area (TPSA) is 17.1 Å². The summed E-state index contributed by atoms with van der Waals surface area (Å²) in [7, 11) is 0. The maximum atomic E-state index is 10.3. The molecule has 0 radical (unpaired) electrons.